The average Bonchev–Trinajstić information content (AvgIpc) is 2.50. The molecule has 9 heteroatoms. The van der Waals surface area contributed by atoms with Gasteiger partial charge in [0.15, 0.2) is 0 Å². The molecule has 1 aliphatic heterocycles. The van der Waals surface area contributed by atoms with Crippen molar-refractivity contribution in [3.8, 4) is 0 Å². The Hall–Kier alpha value is -2.71. The molecule has 0 bridgehead atoms. The maximum atomic E-state index is 11.5. The number of carbonyl (C=O) groups is 1. The van der Waals surface area contributed by atoms with E-state index in [9.17, 15) is 25.0 Å². The third kappa shape index (κ3) is 1.93. The Balaban J connectivity index is 2.69. The van der Waals surface area contributed by atoms with Gasteiger partial charge < -0.3 is 10.1 Å². The molecule has 1 aromatic carbocycles. The van der Waals surface area contributed by atoms with Crippen molar-refractivity contribution in [1.29, 1.82) is 0 Å². The minimum absolute atomic E-state index is 0.0401. The standard InChI is InChI=1S/C9H7N3O6/c13-9-6-3-5(11(14)15)4-7(12(16)17)8(6)10-1-2-18-9/h3-4,10H,1-2H2. The Morgan fingerprint density at radius 2 is 1.94 bits per heavy atom. The van der Waals surface area contributed by atoms with E-state index in [2.05, 4.69) is 5.32 Å². The number of non-ortho nitro benzene ring substituents is 1. The van der Waals surface area contributed by atoms with Crippen LogP contribution >= 0.6 is 0 Å². The fourth-order valence-corrected chi connectivity index (χ4v) is 1.61. The summed E-state index contributed by atoms with van der Waals surface area (Å²) in [7, 11) is 0. The molecule has 0 fully saturated rings. The molecule has 0 spiro atoms. The number of rotatable bonds is 2. The van der Waals surface area contributed by atoms with Crippen LogP contribution in [0.25, 0.3) is 0 Å². The molecule has 2 rings (SSSR count). The summed E-state index contributed by atoms with van der Waals surface area (Å²) in [5, 5.41) is 24.2. The number of fused-ring (bicyclic) bond motifs is 1. The van der Waals surface area contributed by atoms with Gasteiger partial charge in [-0.3, -0.25) is 20.2 Å². The number of hydrogen-bond acceptors (Lipinski definition) is 7. The van der Waals surface area contributed by atoms with Crippen LogP contribution in [0, 0.1) is 20.2 Å². The number of nitro benzene ring substituents is 2. The minimum Gasteiger partial charge on any atom is -0.460 e. The molecule has 0 atom stereocenters. The lowest BCUT2D eigenvalue weighted by Crippen LogP contribution is -2.07. The van der Waals surface area contributed by atoms with Crippen LogP contribution in [0.15, 0.2) is 12.1 Å². The highest BCUT2D eigenvalue weighted by atomic mass is 16.6. The lowest BCUT2D eigenvalue weighted by molar-refractivity contribution is -0.393. The van der Waals surface area contributed by atoms with Crippen molar-refractivity contribution in [2.24, 2.45) is 0 Å². The summed E-state index contributed by atoms with van der Waals surface area (Å²) in [5.74, 6) is -0.818. The maximum Gasteiger partial charge on any atom is 0.340 e. The van der Waals surface area contributed by atoms with E-state index in [4.69, 9.17) is 4.74 Å². The van der Waals surface area contributed by atoms with Crippen molar-refractivity contribution in [3.63, 3.8) is 0 Å². The minimum atomic E-state index is -0.818. The zero-order valence-electron chi connectivity index (χ0n) is 8.91. The molecule has 0 amide bonds. The van der Waals surface area contributed by atoms with Crippen LogP contribution in [0.2, 0.25) is 0 Å². The second kappa shape index (κ2) is 4.28. The van der Waals surface area contributed by atoms with Crippen molar-refractivity contribution in [2.45, 2.75) is 0 Å². The number of carbonyl (C=O) groups excluding carboxylic acids is 1. The summed E-state index contributed by atoms with van der Waals surface area (Å²) in [6.07, 6.45) is 0. The molecule has 0 saturated heterocycles. The fraction of sp³-hybridized carbons (Fsp3) is 0.222. The quantitative estimate of drug-likeness (QED) is 0.475. The molecule has 1 aromatic rings. The molecule has 1 N–H and O–H groups in total. The highest BCUT2D eigenvalue weighted by molar-refractivity contribution is 5.99. The monoisotopic (exact) mass is 253 g/mol. The smallest absolute Gasteiger partial charge is 0.340 e. The van der Waals surface area contributed by atoms with E-state index in [0.717, 1.165) is 12.1 Å². The van der Waals surface area contributed by atoms with Gasteiger partial charge in [0.2, 0.25) is 0 Å². The van der Waals surface area contributed by atoms with E-state index in [1.54, 1.807) is 0 Å². The number of nitrogens with one attached hydrogen (secondary N) is 1. The summed E-state index contributed by atoms with van der Waals surface area (Å²) in [6.45, 7) is 0.246. The number of anilines is 1. The van der Waals surface area contributed by atoms with Crippen LogP contribution in [0.4, 0.5) is 17.1 Å². The summed E-state index contributed by atoms with van der Waals surface area (Å²) >= 11 is 0. The third-order valence-electron chi connectivity index (χ3n) is 2.37. The Labute approximate surface area is 99.7 Å². The van der Waals surface area contributed by atoms with Gasteiger partial charge in [-0.05, 0) is 0 Å². The first-order chi connectivity index (χ1) is 8.50. The van der Waals surface area contributed by atoms with Crippen molar-refractivity contribution in [2.75, 3.05) is 18.5 Å². The predicted molar refractivity (Wildman–Crippen MR) is 58.5 cm³/mol. The number of ether oxygens (including phenoxy) is 1. The normalized spacial score (nSPS) is 13.9. The first-order valence-corrected chi connectivity index (χ1v) is 4.88. The molecule has 0 unspecified atom stereocenters. The molecule has 94 valence electrons. The fourth-order valence-electron chi connectivity index (χ4n) is 1.61. The van der Waals surface area contributed by atoms with Crippen LogP contribution in [0.1, 0.15) is 10.4 Å². The highest BCUT2D eigenvalue weighted by Gasteiger charge is 2.29. The summed E-state index contributed by atoms with van der Waals surface area (Å²) in [6, 6.07) is 1.77. The van der Waals surface area contributed by atoms with Gasteiger partial charge in [-0.15, -0.1) is 0 Å². The van der Waals surface area contributed by atoms with Gasteiger partial charge >= 0.3 is 5.97 Å². The lowest BCUT2D eigenvalue weighted by atomic mass is 10.1. The van der Waals surface area contributed by atoms with E-state index >= 15 is 0 Å². The Morgan fingerprint density at radius 3 is 2.56 bits per heavy atom. The second-order valence-corrected chi connectivity index (χ2v) is 3.46. The van der Waals surface area contributed by atoms with E-state index in [0.29, 0.717) is 0 Å². The molecule has 18 heavy (non-hydrogen) atoms. The van der Waals surface area contributed by atoms with Crippen molar-refractivity contribution >= 4 is 23.0 Å². The molecule has 0 aromatic heterocycles. The largest absolute Gasteiger partial charge is 0.460 e. The first kappa shape index (κ1) is 11.8. The van der Waals surface area contributed by atoms with Crippen molar-refractivity contribution in [1.82, 2.24) is 0 Å². The van der Waals surface area contributed by atoms with Gasteiger partial charge in [0, 0.05) is 12.6 Å². The number of hydrogen-bond donors (Lipinski definition) is 1. The van der Waals surface area contributed by atoms with Gasteiger partial charge in [-0.25, -0.2) is 4.79 Å². The Bertz CT molecular complexity index is 555. The van der Waals surface area contributed by atoms with Crippen LogP contribution < -0.4 is 5.32 Å². The van der Waals surface area contributed by atoms with Gasteiger partial charge in [0.05, 0.1) is 21.5 Å². The average molecular weight is 253 g/mol. The third-order valence-corrected chi connectivity index (χ3v) is 2.37. The van der Waals surface area contributed by atoms with Crippen molar-refractivity contribution in [3.05, 3.63) is 37.9 Å². The molecule has 0 aliphatic carbocycles. The molecule has 1 aliphatic rings. The van der Waals surface area contributed by atoms with Gasteiger partial charge in [0.25, 0.3) is 11.4 Å². The molecular weight excluding hydrogens is 246 g/mol. The number of benzene rings is 1. The maximum absolute atomic E-state index is 11.5. The first-order valence-electron chi connectivity index (χ1n) is 4.88. The summed E-state index contributed by atoms with van der Waals surface area (Å²) in [5.41, 5.74) is -1.29. The summed E-state index contributed by atoms with van der Waals surface area (Å²) in [4.78, 5) is 31.5. The predicted octanol–water partition coefficient (Wildman–Crippen LogP) is 1.09. The zero-order valence-corrected chi connectivity index (χ0v) is 8.91. The van der Waals surface area contributed by atoms with E-state index in [1.165, 1.54) is 0 Å². The SMILES string of the molecule is O=C1OCCNc2c1cc([N+](=O)[O-])cc2[N+](=O)[O-]. The number of nitro groups is 2. The number of cyclic esters (lactones) is 1. The number of nitrogens with zero attached hydrogens (tertiary/aromatic N) is 2. The Morgan fingerprint density at radius 1 is 1.22 bits per heavy atom. The zero-order chi connectivity index (χ0) is 13.3. The molecule has 0 saturated carbocycles. The Kier molecular flexibility index (Phi) is 2.80. The van der Waals surface area contributed by atoms with E-state index in [1.807, 2.05) is 0 Å². The highest BCUT2D eigenvalue weighted by Crippen LogP contribution is 2.34. The van der Waals surface area contributed by atoms with Crippen LogP contribution in [-0.4, -0.2) is 29.0 Å². The van der Waals surface area contributed by atoms with Gasteiger partial charge in [-0.2, -0.15) is 0 Å². The molecule has 9 nitrogen and oxygen atoms in total. The summed E-state index contributed by atoms with van der Waals surface area (Å²) < 4.78 is 4.75. The number of esters is 1. The van der Waals surface area contributed by atoms with Crippen LogP contribution in [0.5, 0.6) is 0 Å². The lowest BCUT2D eigenvalue weighted by Gasteiger charge is -2.05. The van der Waals surface area contributed by atoms with E-state index in [-0.39, 0.29) is 24.4 Å². The molecular formula is C9H7N3O6. The second-order valence-electron chi connectivity index (χ2n) is 3.46. The molecule has 1 heterocycles. The van der Waals surface area contributed by atoms with E-state index < -0.39 is 27.2 Å². The van der Waals surface area contributed by atoms with Crippen LogP contribution in [-0.2, 0) is 4.74 Å². The topological polar surface area (TPSA) is 125 Å². The molecule has 0 radical (unpaired) electrons. The van der Waals surface area contributed by atoms with Crippen molar-refractivity contribution < 1.29 is 19.4 Å². The van der Waals surface area contributed by atoms with Crippen LogP contribution in [0.3, 0.4) is 0 Å². The van der Waals surface area contributed by atoms with Gasteiger partial charge in [-0.1, -0.05) is 0 Å². The van der Waals surface area contributed by atoms with Gasteiger partial charge in [0.1, 0.15) is 12.3 Å².